The zero-order chi connectivity index (χ0) is 12.5. The Morgan fingerprint density at radius 2 is 1.94 bits per heavy atom. The Balaban J connectivity index is 3.45. The Bertz CT molecular complexity index is 395. The van der Waals surface area contributed by atoms with Gasteiger partial charge in [0, 0.05) is 5.56 Å². The second kappa shape index (κ2) is 4.48. The van der Waals surface area contributed by atoms with Crippen LogP contribution in [-0.4, -0.2) is 16.8 Å². The number of phenols is 1. The summed E-state index contributed by atoms with van der Waals surface area (Å²) in [6.45, 7) is -0.725. The molecule has 1 rings (SSSR count). The summed E-state index contributed by atoms with van der Waals surface area (Å²) < 4.78 is 37.7. The largest absolute Gasteiger partial charge is 0.506 e. The van der Waals surface area contributed by atoms with Gasteiger partial charge in [0.15, 0.2) is 0 Å². The van der Waals surface area contributed by atoms with Gasteiger partial charge in [-0.15, -0.1) is 0 Å². The highest BCUT2D eigenvalue weighted by molar-refractivity contribution is 6.32. The summed E-state index contributed by atoms with van der Waals surface area (Å²) in [5.74, 6) is -0.752. The van der Waals surface area contributed by atoms with Gasteiger partial charge in [0.2, 0.25) is 0 Å². The minimum Gasteiger partial charge on any atom is -0.506 e. The Hall–Kier alpha value is -0.980. The molecule has 0 unspecified atom stereocenters. The third-order valence-electron chi connectivity index (χ3n) is 2.04. The predicted octanol–water partition coefficient (Wildman–Crippen LogP) is 2.06. The van der Waals surface area contributed by atoms with E-state index in [0.717, 1.165) is 6.07 Å². The number of alkyl halides is 3. The quantitative estimate of drug-likeness (QED) is 0.758. The van der Waals surface area contributed by atoms with Gasteiger partial charge in [-0.2, -0.15) is 13.2 Å². The van der Waals surface area contributed by atoms with Crippen molar-refractivity contribution < 1.29 is 23.4 Å². The summed E-state index contributed by atoms with van der Waals surface area (Å²) in [6.07, 6.45) is -4.66. The number of rotatable bonds is 2. The molecule has 3 nitrogen and oxygen atoms in total. The van der Waals surface area contributed by atoms with E-state index in [9.17, 15) is 18.3 Å². The molecule has 4 N–H and O–H groups in total. The second-order valence-electron chi connectivity index (χ2n) is 3.14. The Labute approximate surface area is 94.3 Å². The molecule has 0 saturated heterocycles. The van der Waals surface area contributed by atoms with Crippen LogP contribution in [0.3, 0.4) is 0 Å². The maximum Gasteiger partial charge on any atom is 0.416 e. The monoisotopic (exact) mass is 255 g/mol. The van der Waals surface area contributed by atoms with Crippen LogP contribution in [-0.2, 0) is 6.18 Å². The van der Waals surface area contributed by atoms with E-state index in [0.29, 0.717) is 6.07 Å². The van der Waals surface area contributed by atoms with E-state index in [1.165, 1.54) is 0 Å². The minimum atomic E-state index is -4.66. The van der Waals surface area contributed by atoms with Crippen molar-refractivity contribution in [1.82, 2.24) is 0 Å². The second-order valence-corrected chi connectivity index (χ2v) is 3.55. The first kappa shape index (κ1) is 13.1. The highest BCUT2D eigenvalue weighted by Gasteiger charge is 2.36. The Morgan fingerprint density at radius 3 is 2.38 bits per heavy atom. The van der Waals surface area contributed by atoms with E-state index < -0.39 is 35.7 Å². The van der Waals surface area contributed by atoms with Crippen molar-refractivity contribution in [2.24, 2.45) is 5.73 Å². The molecule has 0 spiro atoms. The lowest BCUT2D eigenvalue weighted by molar-refractivity contribution is -0.138. The lowest BCUT2D eigenvalue weighted by atomic mass is 9.99. The fourth-order valence-electron chi connectivity index (χ4n) is 1.30. The number of aromatic hydroxyl groups is 1. The smallest absolute Gasteiger partial charge is 0.416 e. The maximum absolute atomic E-state index is 12.6. The number of phenolic OH excluding ortho intramolecular Hbond substituents is 1. The van der Waals surface area contributed by atoms with Crippen molar-refractivity contribution in [1.29, 1.82) is 0 Å². The zero-order valence-electron chi connectivity index (χ0n) is 7.92. The van der Waals surface area contributed by atoms with Crippen molar-refractivity contribution in [3.63, 3.8) is 0 Å². The molecule has 7 heteroatoms. The zero-order valence-corrected chi connectivity index (χ0v) is 8.68. The molecule has 1 aromatic carbocycles. The van der Waals surface area contributed by atoms with Crippen LogP contribution in [0, 0.1) is 0 Å². The molecule has 0 fully saturated rings. The summed E-state index contributed by atoms with van der Waals surface area (Å²) >= 11 is 5.48. The van der Waals surface area contributed by atoms with Crippen LogP contribution in [0.2, 0.25) is 5.02 Å². The fourth-order valence-corrected chi connectivity index (χ4v) is 1.46. The van der Waals surface area contributed by atoms with Crippen LogP contribution in [0.25, 0.3) is 0 Å². The van der Waals surface area contributed by atoms with Gasteiger partial charge in [-0.3, -0.25) is 0 Å². The highest BCUT2D eigenvalue weighted by atomic mass is 35.5. The van der Waals surface area contributed by atoms with Crippen LogP contribution >= 0.6 is 11.6 Å². The molecule has 0 radical (unpaired) electrons. The van der Waals surface area contributed by atoms with Crippen molar-refractivity contribution >= 4 is 11.6 Å². The van der Waals surface area contributed by atoms with Gasteiger partial charge in [0.25, 0.3) is 0 Å². The number of hydrogen-bond acceptors (Lipinski definition) is 3. The lowest BCUT2D eigenvalue weighted by Gasteiger charge is -2.18. The summed E-state index contributed by atoms with van der Waals surface area (Å²) in [7, 11) is 0. The van der Waals surface area contributed by atoms with Gasteiger partial charge in [0.1, 0.15) is 5.75 Å². The van der Waals surface area contributed by atoms with Gasteiger partial charge in [-0.1, -0.05) is 11.6 Å². The maximum atomic E-state index is 12.6. The van der Waals surface area contributed by atoms with Crippen LogP contribution in [0.1, 0.15) is 17.2 Å². The van der Waals surface area contributed by atoms with Gasteiger partial charge < -0.3 is 15.9 Å². The van der Waals surface area contributed by atoms with Crippen molar-refractivity contribution in [3.05, 3.63) is 28.3 Å². The standard InChI is InChI=1S/C9H9ClF3NO2/c10-5-2-1-4(9(11,12)13)7(8(5)16)6(14)3-15/h1-2,6,15-16H,3,14H2/t6-/m1/s1. The molecule has 0 aliphatic heterocycles. The number of halogens is 4. The first-order valence-electron chi connectivity index (χ1n) is 4.24. The average molecular weight is 256 g/mol. The summed E-state index contributed by atoms with van der Waals surface area (Å²) in [4.78, 5) is 0. The topological polar surface area (TPSA) is 66.5 Å². The molecule has 0 bridgehead atoms. The van der Waals surface area contributed by atoms with E-state index in [1.807, 2.05) is 0 Å². The third kappa shape index (κ3) is 2.40. The molecular formula is C9H9ClF3NO2. The van der Waals surface area contributed by atoms with Gasteiger partial charge in [-0.25, -0.2) is 0 Å². The van der Waals surface area contributed by atoms with Crippen molar-refractivity contribution in [3.8, 4) is 5.75 Å². The normalized spacial score (nSPS) is 13.9. The molecule has 0 saturated carbocycles. The fraction of sp³-hybridized carbons (Fsp3) is 0.333. The molecule has 0 amide bonds. The molecule has 1 aromatic rings. The van der Waals surface area contributed by atoms with Gasteiger partial charge in [0.05, 0.1) is 23.2 Å². The van der Waals surface area contributed by atoms with Gasteiger partial charge >= 0.3 is 6.18 Å². The molecule has 0 aliphatic carbocycles. The van der Waals surface area contributed by atoms with E-state index >= 15 is 0 Å². The first-order valence-corrected chi connectivity index (χ1v) is 4.61. The number of aliphatic hydroxyl groups excluding tert-OH is 1. The summed E-state index contributed by atoms with van der Waals surface area (Å²) in [5.41, 5.74) is 3.60. The highest BCUT2D eigenvalue weighted by Crippen LogP contribution is 2.41. The summed E-state index contributed by atoms with van der Waals surface area (Å²) in [5, 5.41) is 17.9. The van der Waals surface area contributed by atoms with E-state index in [-0.39, 0.29) is 5.02 Å². The third-order valence-corrected chi connectivity index (χ3v) is 2.35. The SMILES string of the molecule is N[C@H](CO)c1c(C(F)(F)F)ccc(Cl)c1O. The van der Waals surface area contributed by atoms with Crippen molar-refractivity contribution in [2.75, 3.05) is 6.61 Å². The van der Waals surface area contributed by atoms with Gasteiger partial charge in [-0.05, 0) is 12.1 Å². The van der Waals surface area contributed by atoms with E-state index in [4.69, 9.17) is 22.4 Å². The molecule has 0 aliphatic rings. The number of aliphatic hydroxyl groups is 1. The molecule has 0 heterocycles. The number of benzene rings is 1. The predicted molar refractivity (Wildman–Crippen MR) is 52.1 cm³/mol. The first-order chi connectivity index (χ1) is 7.29. The molecule has 1 atom stereocenters. The molecule has 0 aromatic heterocycles. The number of nitrogens with two attached hydrogens (primary N) is 1. The Kier molecular flexibility index (Phi) is 3.67. The van der Waals surface area contributed by atoms with Crippen LogP contribution in [0.15, 0.2) is 12.1 Å². The van der Waals surface area contributed by atoms with Crippen molar-refractivity contribution in [2.45, 2.75) is 12.2 Å². The van der Waals surface area contributed by atoms with Crippen LogP contribution in [0.5, 0.6) is 5.75 Å². The molecular weight excluding hydrogens is 247 g/mol. The minimum absolute atomic E-state index is 0.244. The molecule has 90 valence electrons. The number of hydrogen-bond donors (Lipinski definition) is 3. The van der Waals surface area contributed by atoms with E-state index in [1.54, 1.807) is 0 Å². The van der Waals surface area contributed by atoms with E-state index in [2.05, 4.69) is 0 Å². The Morgan fingerprint density at radius 1 is 1.38 bits per heavy atom. The van der Waals surface area contributed by atoms with Crippen LogP contribution < -0.4 is 5.73 Å². The lowest BCUT2D eigenvalue weighted by Crippen LogP contribution is -2.20. The van der Waals surface area contributed by atoms with Crippen LogP contribution in [0.4, 0.5) is 13.2 Å². The average Bonchev–Trinajstić information content (AvgIpc) is 2.19. The summed E-state index contributed by atoms with van der Waals surface area (Å²) in [6, 6.07) is 0.301. The molecule has 16 heavy (non-hydrogen) atoms.